The summed E-state index contributed by atoms with van der Waals surface area (Å²) in [5.41, 5.74) is 0.497. The number of aldehydes is 1. The summed E-state index contributed by atoms with van der Waals surface area (Å²) in [6.07, 6.45) is 0.737. The van der Waals surface area contributed by atoms with Crippen LogP contribution in [-0.4, -0.2) is 34.6 Å². The summed E-state index contributed by atoms with van der Waals surface area (Å²) >= 11 is 0. The third kappa shape index (κ3) is 3.99. The molecule has 1 rings (SSSR count). The van der Waals surface area contributed by atoms with Gasteiger partial charge in [-0.15, -0.1) is 0 Å². The molecular weight excluding hydrogens is 194 g/mol. The van der Waals surface area contributed by atoms with Gasteiger partial charge in [0.25, 0.3) is 0 Å². The Hall–Kier alpha value is -1.55. The van der Waals surface area contributed by atoms with Crippen LogP contribution >= 0.6 is 0 Å². The topological polar surface area (TPSA) is 47.6 Å². The van der Waals surface area contributed by atoms with Gasteiger partial charge in [0.2, 0.25) is 0 Å². The van der Waals surface area contributed by atoms with Crippen LogP contribution in [0.3, 0.4) is 0 Å². The minimum Gasteiger partial charge on any atom is -0.493 e. The summed E-state index contributed by atoms with van der Waals surface area (Å²) in [7, 11) is 6.79. The number of carbonyl (C=O) groups is 1. The number of hydrogen-bond donors (Lipinski definition) is 1. The normalized spacial score (nSPS) is 8.53. The van der Waals surface area contributed by atoms with Crippen molar-refractivity contribution in [3.63, 3.8) is 0 Å². The zero-order valence-electron chi connectivity index (χ0n) is 9.53. The Morgan fingerprint density at radius 2 is 1.80 bits per heavy atom. The van der Waals surface area contributed by atoms with Crippen molar-refractivity contribution in [3.05, 3.63) is 23.8 Å². The van der Waals surface area contributed by atoms with Gasteiger partial charge in [-0.05, 0) is 26.2 Å². The Morgan fingerprint density at radius 3 is 2.20 bits per heavy atom. The molecular formula is C11H17NO3. The maximum Gasteiger partial charge on any atom is 0.171 e. The van der Waals surface area contributed by atoms with Crippen LogP contribution in [-0.2, 0) is 0 Å². The Labute approximate surface area is 90.2 Å². The second-order valence-corrected chi connectivity index (χ2v) is 2.70. The van der Waals surface area contributed by atoms with Gasteiger partial charge in [0, 0.05) is 0 Å². The quantitative estimate of drug-likeness (QED) is 0.767. The van der Waals surface area contributed by atoms with E-state index in [0.717, 1.165) is 6.29 Å². The minimum atomic E-state index is 0.481. The molecule has 0 radical (unpaired) electrons. The first-order valence-electron chi connectivity index (χ1n) is 4.49. The molecule has 0 amide bonds. The van der Waals surface area contributed by atoms with E-state index in [9.17, 15) is 4.79 Å². The van der Waals surface area contributed by atoms with Crippen molar-refractivity contribution in [2.45, 2.75) is 0 Å². The van der Waals surface area contributed by atoms with Crippen LogP contribution in [0.4, 0.5) is 0 Å². The highest BCUT2D eigenvalue weighted by atomic mass is 16.5. The van der Waals surface area contributed by atoms with E-state index in [1.807, 2.05) is 14.1 Å². The average Bonchev–Trinajstić information content (AvgIpc) is 2.28. The Morgan fingerprint density at radius 1 is 1.20 bits per heavy atom. The molecule has 1 aromatic rings. The molecule has 0 heterocycles. The van der Waals surface area contributed by atoms with Crippen LogP contribution in [0.1, 0.15) is 10.4 Å². The number of nitrogens with one attached hydrogen (secondary N) is 1. The highest BCUT2D eigenvalue weighted by Gasteiger charge is 2.07. The molecule has 0 aliphatic heterocycles. The van der Waals surface area contributed by atoms with Gasteiger partial charge in [0.1, 0.15) is 0 Å². The van der Waals surface area contributed by atoms with Gasteiger partial charge < -0.3 is 14.8 Å². The van der Waals surface area contributed by atoms with Crippen LogP contribution < -0.4 is 14.8 Å². The summed E-state index contributed by atoms with van der Waals surface area (Å²) < 4.78 is 10.00. The highest BCUT2D eigenvalue weighted by Crippen LogP contribution is 2.29. The Kier molecular flexibility index (Phi) is 7.01. The number of ether oxygens (including phenoxy) is 2. The number of para-hydroxylation sites is 1. The Bertz CT molecular complexity index is 300. The molecule has 0 aliphatic carbocycles. The fourth-order valence-corrected chi connectivity index (χ4v) is 1.00. The lowest BCUT2D eigenvalue weighted by Gasteiger charge is -2.07. The third-order valence-electron chi connectivity index (χ3n) is 1.56. The maximum absolute atomic E-state index is 10.5. The number of methoxy groups -OCH3 is 2. The molecule has 1 aromatic carbocycles. The van der Waals surface area contributed by atoms with E-state index in [-0.39, 0.29) is 0 Å². The molecule has 0 spiro atoms. The molecule has 0 fully saturated rings. The van der Waals surface area contributed by atoms with E-state index in [2.05, 4.69) is 5.32 Å². The summed E-state index contributed by atoms with van der Waals surface area (Å²) in [6, 6.07) is 5.16. The van der Waals surface area contributed by atoms with Crippen LogP contribution in [0.25, 0.3) is 0 Å². The number of hydrogen-bond acceptors (Lipinski definition) is 4. The van der Waals surface area contributed by atoms with Gasteiger partial charge in [-0.1, -0.05) is 6.07 Å². The van der Waals surface area contributed by atoms with Gasteiger partial charge in [0.15, 0.2) is 17.8 Å². The molecule has 0 unspecified atom stereocenters. The van der Waals surface area contributed by atoms with Crippen molar-refractivity contribution >= 4 is 6.29 Å². The van der Waals surface area contributed by atoms with E-state index in [4.69, 9.17) is 9.47 Å². The van der Waals surface area contributed by atoms with Gasteiger partial charge in [-0.3, -0.25) is 4.79 Å². The summed E-state index contributed by atoms with van der Waals surface area (Å²) in [6.45, 7) is 0. The van der Waals surface area contributed by atoms with Crippen molar-refractivity contribution in [1.29, 1.82) is 0 Å². The van der Waals surface area contributed by atoms with Gasteiger partial charge in [-0.25, -0.2) is 0 Å². The number of carbonyl (C=O) groups excluding carboxylic acids is 1. The fraction of sp³-hybridized carbons (Fsp3) is 0.364. The van der Waals surface area contributed by atoms with Crippen LogP contribution in [0.5, 0.6) is 11.5 Å². The molecule has 0 aliphatic rings. The van der Waals surface area contributed by atoms with E-state index in [1.54, 1.807) is 18.2 Å². The average molecular weight is 211 g/mol. The number of benzene rings is 1. The Balaban J connectivity index is 0.000000583. The molecule has 0 atom stereocenters. The zero-order chi connectivity index (χ0) is 11.7. The molecule has 4 heteroatoms. The fourth-order valence-electron chi connectivity index (χ4n) is 1.00. The van der Waals surface area contributed by atoms with Gasteiger partial charge in [0.05, 0.1) is 19.8 Å². The molecule has 84 valence electrons. The van der Waals surface area contributed by atoms with Gasteiger partial charge in [-0.2, -0.15) is 0 Å². The lowest BCUT2D eigenvalue weighted by Crippen LogP contribution is -1.94. The van der Waals surface area contributed by atoms with Crippen molar-refractivity contribution in [2.75, 3.05) is 28.3 Å². The molecule has 0 aromatic heterocycles. The lowest BCUT2D eigenvalue weighted by atomic mass is 10.2. The van der Waals surface area contributed by atoms with Crippen molar-refractivity contribution in [1.82, 2.24) is 5.32 Å². The zero-order valence-corrected chi connectivity index (χ0v) is 9.53. The second-order valence-electron chi connectivity index (χ2n) is 2.70. The SMILES string of the molecule is CNC.COc1cccc(C=O)c1OC. The van der Waals surface area contributed by atoms with Crippen molar-refractivity contribution in [2.24, 2.45) is 0 Å². The lowest BCUT2D eigenvalue weighted by molar-refractivity contribution is 0.112. The summed E-state index contributed by atoms with van der Waals surface area (Å²) in [4.78, 5) is 10.5. The molecule has 1 N–H and O–H groups in total. The van der Waals surface area contributed by atoms with E-state index >= 15 is 0 Å². The van der Waals surface area contributed by atoms with Crippen LogP contribution in [0.2, 0.25) is 0 Å². The second kappa shape index (κ2) is 7.82. The van der Waals surface area contributed by atoms with Gasteiger partial charge >= 0.3 is 0 Å². The molecule has 15 heavy (non-hydrogen) atoms. The predicted molar refractivity (Wildman–Crippen MR) is 59.9 cm³/mol. The van der Waals surface area contributed by atoms with E-state index < -0.39 is 0 Å². The van der Waals surface area contributed by atoms with Crippen LogP contribution in [0.15, 0.2) is 18.2 Å². The highest BCUT2D eigenvalue weighted by molar-refractivity contribution is 5.81. The first-order valence-corrected chi connectivity index (χ1v) is 4.49. The van der Waals surface area contributed by atoms with Crippen LogP contribution in [0, 0.1) is 0 Å². The molecule has 0 saturated carbocycles. The number of rotatable bonds is 3. The molecule has 0 saturated heterocycles. The monoisotopic (exact) mass is 211 g/mol. The maximum atomic E-state index is 10.5. The summed E-state index contributed by atoms with van der Waals surface area (Å²) in [5, 5.41) is 2.75. The largest absolute Gasteiger partial charge is 0.493 e. The molecule has 4 nitrogen and oxygen atoms in total. The first-order chi connectivity index (χ1) is 7.24. The van der Waals surface area contributed by atoms with Crippen molar-refractivity contribution < 1.29 is 14.3 Å². The van der Waals surface area contributed by atoms with E-state index in [1.165, 1.54) is 14.2 Å². The third-order valence-corrected chi connectivity index (χ3v) is 1.56. The minimum absolute atomic E-state index is 0.481. The standard InChI is InChI=1S/C9H10O3.C2H7N/c1-11-8-5-3-4-7(6-10)9(8)12-2;1-3-2/h3-6H,1-2H3;3H,1-2H3. The smallest absolute Gasteiger partial charge is 0.171 e. The first kappa shape index (κ1) is 13.4. The predicted octanol–water partition coefficient (Wildman–Crippen LogP) is 1.35. The summed E-state index contributed by atoms with van der Waals surface area (Å²) in [5.74, 6) is 1.05. The van der Waals surface area contributed by atoms with E-state index in [0.29, 0.717) is 17.1 Å². The molecule has 0 bridgehead atoms. The van der Waals surface area contributed by atoms with Crippen molar-refractivity contribution in [3.8, 4) is 11.5 Å².